The van der Waals surface area contributed by atoms with Crippen molar-refractivity contribution in [2.75, 3.05) is 39.4 Å². The van der Waals surface area contributed by atoms with Crippen LogP contribution < -0.4 is 0 Å². The number of likely N-dealkylation sites (tertiary alicyclic amines) is 1. The largest absolute Gasteiger partial charge is 0.495 e. The lowest BCUT2D eigenvalue weighted by molar-refractivity contribution is -0.101. The Morgan fingerprint density at radius 3 is 2.08 bits per heavy atom. The van der Waals surface area contributed by atoms with Gasteiger partial charge in [0.05, 0.1) is 24.1 Å². The maximum absolute atomic E-state index is 11.9. The van der Waals surface area contributed by atoms with Crippen molar-refractivity contribution in [3.05, 3.63) is 47.7 Å². The van der Waals surface area contributed by atoms with Gasteiger partial charge in [-0.15, -0.1) is 0 Å². The minimum absolute atomic E-state index is 0.222. The van der Waals surface area contributed by atoms with Crippen LogP contribution in [0.25, 0.3) is 0 Å². The number of ether oxygens (including phenoxy) is 3. The van der Waals surface area contributed by atoms with E-state index in [-0.39, 0.29) is 18.8 Å². The van der Waals surface area contributed by atoms with Gasteiger partial charge < -0.3 is 29.3 Å². The maximum Gasteiger partial charge on any atom is 0.410 e. The minimum atomic E-state index is -0.435. The Hall–Kier alpha value is -2.13. The molecule has 8 nitrogen and oxygen atoms in total. The van der Waals surface area contributed by atoms with Crippen molar-refractivity contribution in [1.29, 1.82) is 0 Å². The molecular weight excluding hydrogens is 508 g/mol. The molecule has 1 aromatic carbocycles. The summed E-state index contributed by atoms with van der Waals surface area (Å²) >= 11 is 0. The zero-order chi connectivity index (χ0) is 28.5. The van der Waals surface area contributed by atoms with E-state index in [4.69, 9.17) is 24.4 Å². The number of hydrogen-bond acceptors (Lipinski definition) is 7. The molecule has 1 aromatic rings. The number of nitrogens with zero attached hydrogens (tertiary/aromatic N) is 2. The van der Waals surface area contributed by atoms with Gasteiger partial charge in [0, 0.05) is 52.4 Å². The van der Waals surface area contributed by atoms with E-state index in [1.54, 1.807) is 4.90 Å². The van der Waals surface area contributed by atoms with Gasteiger partial charge in [0.25, 0.3) is 0 Å². The van der Waals surface area contributed by atoms with Crippen molar-refractivity contribution in [1.82, 2.24) is 9.80 Å². The van der Waals surface area contributed by atoms with Gasteiger partial charge in [-0.2, -0.15) is 0 Å². The Balaban J connectivity index is 0.000000185. The third-order valence-electron chi connectivity index (χ3n) is 8.20. The Bertz CT molecular complexity index is 928. The summed E-state index contributed by atoms with van der Waals surface area (Å²) in [5, 5.41) is 18.0. The number of hydrogen-bond donors (Lipinski definition) is 2. The van der Waals surface area contributed by atoms with Crippen molar-refractivity contribution in [2.24, 2.45) is 11.8 Å². The molecule has 2 N–H and O–H groups in total. The van der Waals surface area contributed by atoms with Crippen LogP contribution in [0.5, 0.6) is 0 Å². The van der Waals surface area contributed by atoms with Crippen molar-refractivity contribution < 1.29 is 29.2 Å². The second-order valence-electron chi connectivity index (χ2n) is 12.8. The lowest BCUT2D eigenvalue weighted by Crippen LogP contribution is -2.45. The topological polar surface area (TPSA) is 91.7 Å². The molecule has 0 spiro atoms. The summed E-state index contributed by atoms with van der Waals surface area (Å²) in [6.07, 6.45) is 9.64. The normalized spacial score (nSPS) is 27.4. The van der Waals surface area contributed by atoms with Crippen molar-refractivity contribution in [3.63, 3.8) is 0 Å². The van der Waals surface area contributed by atoms with Crippen molar-refractivity contribution >= 4 is 6.09 Å². The lowest BCUT2D eigenvalue weighted by Gasteiger charge is -2.39. The summed E-state index contributed by atoms with van der Waals surface area (Å²) in [6, 6.07) is 10.6. The van der Waals surface area contributed by atoms with E-state index in [2.05, 4.69) is 41.3 Å². The third kappa shape index (κ3) is 9.75. The number of aliphatic hydroxyl groups is 2. The number of piperidine rings is 1. The first-order chi connectivity index (χ1) is 19.2. The van der Waals surface area contributed by atoms with Crippen LogP contribution in [0.3, 0.4) is 0 Å². The average molecular weight is 559 g/mol. The first-order valence-corrected chi connectivity index (χ1v) is 15.2. The quantitative estimate of drug-likeness (QED) is 0.476. The molecule has 1 saturated heterocycles. The highest BCUT2D eigenvalue weighted by atomic mass is 16.6. The van der Waals surface area contributed by atoms with Gasteiger partial charge in [0.1, 0.15) is 5.60 Å². The molecule has 40 heavy (non-hydrogen) atoms. The Kier molecular flexibility index (Phi) is 11.3. The predicted octanol–water partition coefficient (Wildman–Crippen LogP) is 4.74. The SMILES string of the molecule is CC(C)(C)OC(=O)N1CCC(OC2CC(CO)C2)CC1.OCC1CC(OC2=CCN(Cc3ccccc3)CC2)C1. The van der Waals surface area contributed by atoms with E-state index in [0.29, 0.717) is 43.7 Å². The number of carbonyl (C=O) groups excluding carboxylic acids is 1. The van der Waals surface area contributed by atoms with Crippen LogP contribution in [0, 0.1) is 11.8 Å². The summed E-state index contributed by atoms with van der Waals surface area (Å²) in [5.74, 6) is 2.05. The highest BCUT2D eigenvalue weighted by Crippen LogP contribution is 2.33. The molecule has 0 unspecified atom stereocenters. The molecule has 2 aliphatic heterocycles. The van der Waals surface area contributed by atoms with Crippen molar-refractivity contribution in [3.8, 4) is 0 Å². The number of carbonyl (C=O) groups is 1. The minimum Gasteiger partial charge on any atom is -0.495 e. The van der Waals surface area contributed by atoms with E-state index >= 15 is 0 Å². The van der Waals surface area contributed by atoms with E-state index in [0.717, 1.165) is 70.3 Å². The molecule has 2 saturated carbocycles. The van der Waals surface area contributed by atoms with E-state index in [1.165, 1.54) is 5.56 Å². The van der Waals surface area contributed by atoms with E-state index in [9.17, 15) is 4.79 Å². The van der Waals surface area contributed by atoms with Gasteiger partial charge in [0.15, 0.2) is 0 Å². The van der Waals surface area contributed by atoms with Gasteiger partial charge >= 0.3 is 6.09 Å². The molecule has 1 amide bonds. The zero-order valence-electron chi connectivity index (χ0n) is 24.7. The Morgan fingerprint density at radius 1 is 0.900 bits per heavy atom. The Labute approximate surface area is 240 Å². The molecule has 8 heteroatoms. The number of benzene rings is 1. The molecule has 5 rings (SSSR count). The molecule has 0 bridgehead atoms. The molecule has 0 atom stereocenters. The van der Waals surface area contributed by atoms with Crippen LogP contribution >= 0.6 is 0 Å². The summed E-state index contributed by atoms with van der Waals surface area (Å²) < 4.78 is 17.4. The fourth-order valence-corrected chi connectivity index (χ4v) is 5.63. The van der Waals surface area contributed by atoms with Gasteiger partial charge in [-0.1, -0.05) is 30.3 Å². The van der Waals surface area contributed by atoms with Gasteiger partial charge in [-0.05, 0) is 82.8 Å². The van der Waals surface area contributed by atoms with E-state index in [1.807, 2.05) is 20.8 Å². The smallest absolute Gasteiger partial charge is 0.410 e. The summed E-state index contributed by atoms with van der Waals surface area (Å²) in [6.45, 7) is 10.7. The molecule has 2 aliphatic carbocycles. The number of amides is 1. The fourth-order valence-electron chi connectivity index (χ4n) is 5.63. The fraction of sp³-hybridized carbons (Fsp3) is 0.719. The summed E-state index contributed by atoms with van der Waals surface area (Å²) in [4.78, 5) is 16.1. The molecular formula is C32H50N2O6. The van der Waals surface area contributed by atoms with Crippen LogP contribution in [0.4, 0.5) is 4.79 Å². The first-order valence-electron chi connectivity index (χ1n) is 15.2. The molecule has 2 heterocycles. The predicted molar refractivity (Wildman–Crippen MR) is 155 cm³/mol. The number of aliphatic hydroxyl groups excluding tert-OH is 2. The van der Waals surface area contributed by atoms with E-state index < -0.39 is 5.60 Å². The van der Waals surface area contributed by atoms with Gasteiger partial charge in [0.2, 0.25) is 0 Å². The second-order valence-corrected chi connectivity index (χ2v) is 12.8. The molecule has 4 aliphatic rings. The third-order valence-corrected chi connectivity index (χ3v) is 8.20. The van der Waals surface area contributed by atoms with Crippen LogP contribution in [0.1, 0.15) is 71.3 Å². The highest BCUT2D eigenvalue weighted by Gasteiger charge is 2.34. The van der Waals surface area contributed by atoms with Crippen LogP contribution in [0.2, 0.25) is 0 Å². The van der Waals surface area contributed by atoms with Crippen molar-refractivity contribution in [2.45, 2.75) is 96.2 Å². The monoisotopic (exact) mass is 558 g/mol. The molecule has 0 radical (unpaired) electrons. The highest BCUT2D eigenvalue weighted by molar-refractivity contribution is 5.68. The summed E-state index contributed by atoms with van der Waals surface area (Å²) in [5.41, 5.74) is 0.936. The zero-order valence-corrected chi connectivity index (χ0v) is 24.7. The molecule has 3 fully saturated rings. The Morgan fingerprint density at radius 2 is 1.52 bits per heavy atom. The standard InChI is InChI=1S/C17H23NO2.C15H27NO4/c19-13-15-10-17(11-15)20-16-6-8-18(9-7-16)12-14-4-2-1-3-5-14;1-15(2,3)20-14(18)16-6-4-12(5-7-16)19-13-8-11(9-13)10-17/h1-6,15,17,19H,7-13H2;11-13,17H,4-10H2,1-3H3. The van der Waals surface area contributed by atoms with Crippen LogP contribution in [-0.2, 0) is 20.8 Å². The van der Waals surface area contributed by atoms with Crippen LogP contribution in [-0.4, -0.2) is 89.4 Å². The first kappa shape index (κ1) is 30.8. The molecule has 0 aromatic heterocycles. The summed E-state index contributed by atoms with van der Waals surface area (Å²) in [7, 11) is 0. The average Bonchev–Trinajstić information content (AvgIpc) is 2.89. The second kappa shape index (κ2) is 14.7. The molecule has 224 valence electrons. The van der Waals surface area contributed by atoms with Gasteiger partial charge in [-0.25, -0.2) is 4.79 Å². The van der Waals surface area contributed by atoms with Crippen LogP contribution in [0.15, 0.2) is 42.2 Å². The lowest BCUT2D eigenvalue weighted by atomic mass is 9.83. The maximum atomic E-state index is 11.9. The van der Waals surface area contributed by atoms with Gasteiger partial charge in [-0.3, -0.25) is 4.90 Å². The number of rotatable bonds is 8.